The number of nitrogens with two attached hydrogens (primary N) is 1. The second-order valence-corrected chi connectivity index (χ2v) is 5.00. The molecule has 0 fully saturated rings. The maximum atomic E-state index is 5.82. The molecule has 19 heavy (non-hydrogen) atoms. The van der Waals surface area contributed by atoms with Crippen LogP contribution in [0.25, 0.3) is 11.0 Å². The van der Waals surface area contributed by atoms with E-state index in [1.165, 1.54) is 16.6 Å². The summed E-state index contributed by atoms with van der Waals surface area (Å²) in [6.45, 7) is 2.09. The van der Waals surface area contributed by atoms with Crippen LogP contribution in [0.2, 0.25) is 0 Å². The minimum absolute atomic E-state index is 0.798. The Bertz CT molecular complexity index is 741. The Labute approximate surface area is 112 Å². The largest absolute Gasteiger partial charge is 0.399 e. The fraction of sp³-hybridized carbons (Fsp3) is 0.188. The highest BCUT2D eigenvalue weighted by atomic mass is 15.1. The summed E-state index contributed by atoms with van der Waals surface area (Å²) in [4.78, 5) is 4.72. The molecule has 3 heteroatoms. The predicted molar refractivity (Wildman–Crippen MR) is 79.1 cm³/mol. The Hall–Kier alpha value is -2.29. The number of hydrogen-bond donors (Lipinski definition) is 1. The number of fused-ring (bicyclic) bond motifs is 1. The van der Waals surface area contributed by atoms with Gasteiger partial charge in [-0.25, -0.2) is 4.98 Å². The number of rotatable bonds is 2. The molecule has 0 aliphatic carbocycles. The number of anilines is 1. The first-order valence-corrected chi connectivity index (χ1v) is 6.40. The fourth-order valence-corrected chi connectivity index (χ4v) is 2.40. The SMILES string of the molecule is Cc1ccc2c(c1)nc(Cc1cccc(N)c1)n2C. The van der Waals surface area contributed by atoms with Crippen LogP contribution in [0, 0.1) is 6.92 Å². The lowest BCUT2D eigenvalue weighted by Gasteiger charge is -2.03. The van der Waals surface area contributed by atoms with E-state index in [0.717, 1.165) is 23.4 Å². The maximum absolute atomic E-state index is 5.82. The van der Waals surface area contributed by atoms with Crippen molar-refractivity contribution >= 4 is 16.7 Å². The van der Waals surface area contributed by atoms with E-state index in [1.54, 1.807) is 0 Å². The molecule has 3 nitrogen and oxygen atoms in total. The molecule has 2 N–H and O–H groups in total. The van der Waals surface area contributed by atoms with Gasteiger partial charge < -0.3 is 10.3 Å². The molecule has 96 valence electrons. The van der Waals surface area contributed by atoms with Gasteiger partial charge in [-0.3, -0.25) is 0 Å². The minimum Gasteiger partial charge on any atom is -0.399 e. The Morgan fingerprint density at radius 1 is 1.16 bits per heavy atom. The van der Waals surface area contributed by atoms with E-state index >= 15 is 0 Å². The van der Waals surface area contributed by atoms with E-state index in [4.69, 9.17) is 10.7 Å². The summed E-state index contributed by atoms with van der Waals surface area (Å²) in [5.41, 5.74) is 11.3. The Balaban J connectivity index is 2.03. The van der Waals surface area contributed by atoms with Crippen LogP contribution in [0.4, 0.5) is 5.69 Å². The van der Waals surface area contributed by atoms with Crippen molar-refractivity contribution in [2.75, 3.05) is 5.73 Å². The zero-order valence-corrected chi connectivity index (χ0v) is 11.2. The maximum Gasteiger partial charge on any atom is 0.114 e. The van der Waals surface area contributed by atoms with Crippen molar-refractivity contribution in [2.24, 2.45) is 7.05 Å². The molecule has 0 aliphatic heterocycles. The average Bonchev–Trinajstić information content (AvgIpc) is 2.66. The molecule has 3 aromatic rings. The van der Waals surface area contributed by atoms with Crippen molar-refractivity contribution in [1.82, 2.24) is 9.55 Å². The van der Waals surface area contributed by atoms with Gasteiger partial charge >= 0.3 is 0 Å². The number of imidazole rings is 1. The molecule has 0 radical (unpaired) electrons. The minimum atomic E-state index is 0.798. The molecule has 0 amide bonds. The quantitative estimate of drug-likeness (QED) is 0.711. The predicted octanol–water partition coefficient (Wildman–Crippen LogP) is 3.05. The van der Waals surface area contributed by atoms with Crippen LogP contribution in [-0.4, -0.2) is 9.55 Å². The summed E-state index contributed by atoms with van der Waals surface area (Å²) >= 11 is 0. The summed E-state index contributed by atoms with van der Waals surface area (Å²) in [5, 5.41) is 0. The van der Waals surface area contributed by atoms with Crippen LogP contribution in [0.15, 0.2) is 42.5 Å². The lowest BCUT2D eigenvalue weighted by atomic mass is 10.1. The normalized spacial score (nSPS) is 11.1. The van der Waals surface area contributed by atoms with Crippen LogP contribution >= 0.6 is 0 Å². The van der Waals surface area contributed by atoms with Gasteiger partial charge in [0.15, 0.2) is 0 Å². The van der Waals surface area contributed by atoms with E-state index in [9.17, 15) is 0 Å². The zero-order valence-electron chi connectivity index (χ0n) is 11.2. The third-order valence-corrected chi connectivity index (χ3v) is 3.44. The van der Waals surface area contributed by atoms with Gasteiger partial charge in [-0.1, -0.05) is 18.2 Å². The second-order valence-electron chi connectivity index (χ2n) is 5.00. The van der Waals surface area contributed by atoms with E-state index < -0.39 is 0 Å². The van der Waals surface area contributed by atoms with Gasteiger partial charge in [-0.2, -0.15) is 0 Å². The van der Waals surface area contributed by atoms with Crippen LogP contribution in [0.5, 0.6) is 0 Å². The first kappa shape index (κ1) is 11.8. The lowest BCUT2D eigenvalue weighted by molar-refractivity contribution is 0.845. The molecule has 0 saturated heterocycles. The monoisotopic (exact) mass is 251 g/mol. The van der Waals surface area contributed by atoms with E-state index in [2.05, 4.69) is 42.8 Å². The Morgan fingerprint density at radius 3 is 2.79 bits per heavy atom. The Kier molecular flexibility index (Phi) is 2.75. The number of aromatic nitrogens is 2. The molecule has 0 bridgehead atoms. The molecule has 0 aliphatic rings. The number of benzene rings is 2. The first-order chi connectivity index (χ1) is 9.13. The molecular formula is C16H17N3. The first-order valence-electron chi connectivity index (χ1n) is 6.40. The van der Waals surface area contributed by atoms with Crippen LogP contribution < -0.4 is 5.73 Å². The van der Waals surface area contributed by atoms with Crippen molar-refractivity contribution < 1.29 is 0 Å². The van der Waals surface area contributed by atoms with Gasteiger partial charge in [0, 0.05) is 19.2 Å². The molecule has 0 atom stereocenters. The summed E-state index contributed by atoms with van der Waals surface area (Å²) in [5.74, 6) is 1.06. The van der Waals surface area contributed by atoms with Crippen molar-refractivity contribution in [3.05, 3.63) is 59.4 Å². The summed E-state index contributed by atoms with van der Waals surface area (Å²) in [7, 11) is 2.06. The molecule has 2 aromatic carbocycles. The average molecular weight is 251 g/mol. The summed E-state index contributed by atoms with van der Waals surface area (Å²) < 4.78 is 2.15. The standard InChI is InChI=1S/C16H17N3/c1-11-6-7-15-14(8-11)18-16(19(15)2)10-12-4-3-5-13(17)9-12/h3-9H,10,17H2,1-2H3. The van der Waals surface area contributed by atoms with Gasteiger partial charge in [0.05, 0.1) is 11.0 Å². The van der Waals surface area contributed by atoms with Gasteiger partial charge in [0.2, 0.25) is 0 Å². The van der Waals surface area contributed by atoms with E-state index in [0.29, 0.717) is 0 Å². The highest BCUT2D eigenvalue weighted by molar-refractivity contribution is 5.76. The van der Waals surface area contributed by atoms with Crippen molar-refractivity contribution in [3.8, 4) is 0 Å². The highest BCUT2D eigenvalue weighted by Crippen LogP contribution is 2.19. The van der Waals surface area contributed by atoms with Gasteiger partial charge in [0.25, 0.3) is 0 Å². The topological polar surface area (TPSA) is 43.8 Å². The number of aryl methyl sites for hydroxylation is 2. The van der Waals surface area contributed by atoms with Gasteiger partial charge in [0.1, 0.15) is 5.82 Å². The highest BCUT2D eigenvalue weighted by Gasteiger charge is 2.08. The molecular weight excluding hydrogens is 234 g/mol. The zero-order chi connectivity index (χ0) is 13.4. The lowest BCUT2D eigenvalue weighted by Crippen LogP contribution is -1.99. The van der Waals surface area contributed by atoms with Crippen molar-refractivity contribution in [3.63, 3.8) is 0 Å². The Morgan fingerprint density at radius 2 is 2.00 bits per heavy atom. The van der Waals surface area contributed by atoms with Gasteiger partial charge in [-0.15, -0.1) is 0 Å². The number of hydrogen-bond acceptors (Lipinski definition) is 2. The van der Waals surface area contributed by atoms with Crippen molar-refractivity contribution in [2.45, 2.75) is 13.3 Å². The number of nitrogens with zero attached hydrogens (tertiary/aromatic N) is 2. The van der Waals surface area contributed by atoms with Crippen molar-refractivity contribution in [1.29, 1.82) is 0 Å². The van der Waals surface area contributed by atoms with E-state index in [1.807, 2.05) is 18.2 Å². The molecule has 0 spiro atoms. The van der Waals surface area contributed by atoms with Crippen LogP contribution in [0.1, 0.15) is 17.0 Å². The number of nitrogen functional groups attached to an aromatic ring is 1. The molecule has 1 aromatic heterocycles. The fourth-order valence-electron chi connectivity index (χ4n) is 2.40. The summed E-state index contributed by atoms with van der Waals surface area (Å²) in [6, 6.07) is 14.3. The third kappa shape index (κ3) is 2.19. The van der Waals surface area contributed by atoms with E-state index in [-0.39, 0.29) is 0 Å². The second kappa shape index (κ2) is 4.43. The molecule has 1 heterocycles. The van der Waals surface area contributed by atoms with Gasteiger partial charge in [-0.05, 0) is 42.3 Å². The molecule has 0 unspecified atom stereocenters. The van der Waals surface area contributed by atoms with Crippen LogP contribution in [-0.2, 0) is 13.5 Å². The molecule has 3 rings (SSSR count). The smallest absolute Gasteiger partial charge is 0.114 e. The third-order valence-electron chi connectivity index (χ3n) is 3.44. The molecule has 0 saturated carbocycles. The summed E-state index contributed by atoms with van der Waals surface area (Å²) in [6.07, 6.45) is 0.801. The van der Waals surface area contributed by atoms with Crippen LogP contribution in [0.3, 0.4) is 0 Å².